The van der Waals surface area contributed by atoms with Gasteiger partial charge in [0.1, 0.15) is 5.82 Å². The number of carbonyl (C=O) groups is 1. The third-order valence-corrected chi connectivity index (χ3v) is 9.54. The summed E-state index contributed by atoms with van der Waals surface area (Å²) in [6.45, 7) is 4.69. The lowest BCUT2D eigenvalue weighted by Gasteiger charge is -2.39. The van der Waals surface area contributed by atoms with Crippen molar-refractivity contribution in [2.75, 3.05) is 7.05 Å². The standard InChI is InChI=1S/C32H29ClF4N2OS/c1-19(30-29(33)26-5-3-4-6-28(26)41-30)39(25-14-12-24(38-2)13-15-25)18-23-17-22(11-16-27(23)34)20-7-9-21(10-8-20)31(40)32(35,36)37/h3-11,16-17,24-25,38H,1,12-15,18H2,2H3. The Morgan fingerprint density at radius 2 is 1.68 bits per heavy atom. The molecule has 0 atom stereocenters. The number of carbonyl (C=O) groups excluding carboxylic acids is 1. The van der Waals surface area contributed by atoms with Gasteiger partial charge in [-0.2, -0.15) is 13.2 Å². The van der Waals surface area contributed by atoms with Crippen LogP contribution in [0.15, 0.2) is 73.3 Å². The van der Waals surface area contributed by atoms with Crippen LogP contribution in [0.1, 0.15) is 46.5 Å². The maximum Gasteiger partial charge on any atom is 0.454 e. The molecule has 0 aliphatic heterocycles. The Balaban J connectivity index is 1.47. The van der Waals surface area contributed by atoms with Gasteiger partial charge in [0.15, 0.2) is 0 Å². The van der Waals surface area contributed by atoms with Crippen LogP contribution in [0, 0.1) is 5.82 Å². The van der Waals surface area contributed by atoms with E-state index in [1.165, 1.54) is 18.2 Å². The molecule has 5 rings (SSSR count). The Morgan fingerprint density at radius 3 is 2.32 bits per heavy atom. The first kappa shape index (κ1) is 29.3. The average molecular weight is 601 g/mol. The molecule has 0 bridgehead atoms. The smallest absolute Gasteiger partial charge is 0.363 e. The average Bonchev–Trinajstić information content (AvgIpc) is 3.32. The SMILES string of the molecule is C=C(c1sc2ccccc2c1Cl)N(Cc1cc(-c2ccc(C(=O)C(F)(F)F)cc2)ccc1F)C1CCC(NC)CC1. The van der Waals surface area contributed by atoms with E-state index in [0.29, 0.717) is 27.8 Å². The molecule has 1 saturated carbocycles. The maximum absolute atomic E-state index is 15.3. The van der Waals surface area contributed by atoms with Crippen LogP contribution in [0.3, 0.4) is 0 Å². The van der Waals surface area contributed by atoms with Gasteiger partial charge in [0.05, 0.1) is 9.90 Å². The van der Waals surface area contributed by atoms with E-state index in [2.05, 4.69) is 16.8 Å². The molecule has 4 aromatic rings. The quantitative estimate of drug-likeness (QED) is 0.162. The maximum atomic E-state index is 15.3. The molecular weight excluding hydrogens is 572 g/mol. The Kier molecular flexibility index (Phi) is 8.55. The molecule has 1 aliphatic rings. The van der Waals surface area contributed by atoms with Gasteiger partial charge in [-0.25, -0.2) is 4.39 Å². The molecule has 1 aliphatic carbocycles. The van der Waals surface area contributed by atoms with Gasteiger partial charge in [-0.05, 0) is 62.1 Å². The van der Waals surface area contributed by atoms with E-state index in [4.69, 9.17) is 11.6 Å². The minimum Gasteiger partial charge on any atom is -0.363 e. The molecule has 9 heteroatoms. The second-order valence-electron chi connectivity index (χ2n) is 10.3. The van der Waals surface area contributed by atoms with Crippen molar-refractivity contribution in [3.8, 4) is 11.1 Å². The van der Waals surface area contributed by atoms with Crippen molar-refractivity contribution in [3.05, 3.63) is 100 Å². The molecule has 0 saturated heterocycles. The zero-order valence-electron chi connectivity index (χ0n) is 22.4. The van der Waals surface area contributed by atoms with E-state index in [1.54, 1.807) is 23.5 Å². The van der Waals surface area contributed by atoms with Crippen molar-refractivity contribution in [3.63, 3.8) is 0 Å². The first-order chi connectivity index (χ1) is 19.6. The van der Waals surface area contributed by atoms with Crippen LogP contribution in [0.4, 0.5) is 17.6 Å². The van der Waals surface area contributed by atoms with E-state index >= 15 is 4.39 Å². The van der Waals surface area contributed by atoms with Crippen LogP contribution in [0.2, 0.25) is 5.02 Å². The van der Waals surface area contributed by atoms with E-state index in [-0.39, 0.29) is 18.4 Å². The van der Waals surface area contributed by atoms with Gasteiger partial charge in [0, 0.05) is 45.5 Å². The van der Waals surface area contributed by atoms with E-state index in [1.807, 2.05) is 31.3 Å². The number of nitrogens with one attached hydrogen (secondary N) is 1. The molecule has 0 radical (unpaired) electrons. The summed E-state index contributed by atoms with van der Waals surface area (Å²) in [7, 11) is 1.96. The van der Waals surface area contributed by atoms with E-state index in [9.17, 15) is 18.0 Å². The predicted octanol–water partition coefficient (Wildman–Crippen LogP) is 9.11. The van der Waals surface area contributed by atoms with E-state index < -0.39 is 17.5 Å². The Hall–Kier alpha value is -3.20. The zero-order valence-corrected chi connectivity index (χ0v) is 24.0. The minimum absolute atomic E-state index is 0.129. The highest BCUT2D eigenvalue weighted by Crippen LogP contribution is 2.42. The number of alkyl halides is 3. The lowest BCUT2D eigenvalue weighted by atomic mass is 9.89. The van der Waals surface area contributed by atoms with Gasteiger partial charge >= 0.3 is 6.18 Å². The number of Topliss-reactive ketones (excluding diaryl/α,β-unsaturated/α-hetero) is 1. The van der Waals surface area contributed by atoms with Crippen molar-refractivity contribution in [2.45, 2.75) is 50.5 Å². The number of fused-ring (bicyclic) bond motifs is 1. The number of rotatable bonds is 8. The number of hydrogen-bond acceptors (Lipinski definition) is 4. The summed E-state index contributed by atoms with van der Waals surface area (Å²) in [6.07, 6.45) is -1.17. The molecule has 0 amide bonds. The third kappa shape index (κ3) is 6.20. The highest BCUT2D eigenvalue weighted by atomic mass is 35.5. The number of benzene rings is 3. The van der Waals surface area contributed by atoms with Gasteiger partial charge in [-0.15, -0.1) is 11.3 Å². The molecule has 3 aromatic carbocycles. The topological polar surface area (TPSA) is 32.3 Å². The molecule has 214 valence electrons. The fourth-order valence-corrected chi connectivity index (χ4v) is 7.01. The highest BCUT2D eigenvalue weighted by molar-refractivity contribution is 7.20. The van der Waals surface area contributed by atoms with Crippen molar-refractivity contribution < 1.29 is 22.4 Å². The molecule has 1 aromatic heterocycles. The molecule has 0 spiro atoms. The predicted molar refractivity (Wildman–Crippen MR) is 159 cm³/mol. The van der Waals surface area contributed by atoms with Crippen LogP contribution in [-0.4, -0.2) is 36.0 Å². The summed E-state index contributed by atoms with van der Waals surface area (Å²) in [5, 5.41) is 4.94. The van der Waals surface area contributed by atoms with Crippen molar-refractivity contribution in [1.82, 2.24) is 10.2 Å². The van der Waals surface area contributed by atoms with Crippen molar-refractivity contribution in [2.24, 2.45) is 0 Å². The van der Waals surface area contributed by atoms with Gasteiger partial charge in [-0.3, -0.25) is 4.79 Å². The third-order valence-electron chi connectivity index (χ3n) is 7.81. The highest BCUT2D eigenvalue weighted by Gasteiger charge is 2.39. The molecule has 1 N–H and O–H groups in total. The summed E-state index contributed by atoms with van der Waals surface area (Å²) in [5.41, 5.74) is 1.95. The summed E-state index contributed by atoms with van der Waals surface area (Å²) < 4.78 is 54.8. The number of hydrogen-bond donors (Lipinski definition) is 1. The van der Waals surface area contributed by atoms with Gasteiger partial charge in [0.2, 0.25) is 0 Å². The Morgan fingerprint density at radius 1 is 1.02 bits per heavy atom. The molecular formula is C32H29ClF4N2OS. The van der Waals surface area contributed by atoms with Crippen molar-refractivity contribution >= 4 is 44.5 Å². The second-order valence-corrected chi connectivity index (χ2v) is 11.8. The first-order valence-electron chi connectivity index (χ1n) is 13.4. The largest absolute Gasteiger partial charge is 0.454 e. The summed E-state index contributed by atoms with van der Waals surface area (Å²) >= 11 is 8.39. The van der Waals surface area contributed by atoms with Crippen molar-refractivity contribution in [1.29, 1.82) is 0 Å². The monoisotopic (exact) mass is 600 g/mol. The number of ketones is 1. The van der Waals surface area contributed by atoms with Gasteiger partial charge in [-0.1, -0.05) is 66.7 Å². The molecule has 1 heterocycles. The molecule has 3 nitrogen and oxygen atoms in total. The number of thiophene rings is 1. The normalized spacial score (nSPS) is 17.5. The lowest BCUT2D eigenvalue weighted by molar-refractivity contribution is -0.0885. The lowest BCUT2D eigenvalue weighted by Crippen LogP contribution is -2.40. The fraction of sp³-hybridized carbons (Fsp3) is 0.281. The summed E-state index contributed by atoms with van der Waals surface area (Å²) in [5.74, 6) is -2.28. The Bertz CT molecular complexity index is 1570. The van der Waals surface area contributed by atoms with E-state index in [0.717, 1.165) is 58.5 Å². The van der Waals surface area contributed by atoms with Crippen LogP contribution in [0.25, 0.3) is 26.9 Å². The molecule has 41 heavy (non-hydrogen) atoms. The van der Waals surface area contributed by atoms with Crippen LogP contribution in [0.5, 0.6) is 0 Å². The first-order valence-corrected chi connectivity index (χ1v) is 14.6. The van der Waals surface area contributed by atoms with Gasteiger partial charge < -0.3 is 10.2 Å². The van der Waals surface area contributed by atoms with Crippen LogP contribution in [-0.2, 0) is 6.54 Å². The molecule has 1 fully saturated rings. The van der Waals surface area contributed by atoms with Crippen LogP contribution >= 0.6 is 22.9 Å². The fourth-order valence-electron chi connectivity index (χ4n) is 5.49. The second kappa shape index (κ2) is 12.0. The van der Waals surface area contributed by atoms with Crippen LogP contribution < -0.4 is 5.32 Å². The Labute approximate surface area is 245 Å². The molecule has 0 unspecified atom stereocenters. The van der Waals surface area contributed by atoms with Gasteiger partial charge in [0.25, 0.3) is 5.78 Å². The minimum atomic E-state index is -4.94. The summed E-state index contributed by atoms with van der Waals surface area (Å²) in [6, 6.07) is 18.3. The summed E-state index contributed by atoms with van der Waals surface area (Å²) in [4.78, 5) is 14.6. The number of halogens is 5. The zero-order chi connectivity index (χ0) is 29.3. The number of nitrogens with zero attached hydrogens (tertiary/aromatic N) is 1.